The maximum absolute atomic E-state index is 11.2. The van der Waals surface area contributed by atoms with E-state index in [0.29, 0.717) is 12.1 Å². The fourth-order valence-electron chi connectivity index (χ4n) is 1.69. The number of phenolic OH excluding ortho intramolecular Hbond substituents is 3. The molecule has 5 N–H and O–H groups in total. The summed E-state index contributed by atoms with van der Waals surface area (Å²) in [5.41, 5.74) is -0.932. The molecular formula is C12H10N2O9S2. The first-order valence-electron chi connectivity index (χ1n) is 6.15. The van der Waals surface area contributed by atoms with Crippen molar-refractivity contribution >= 4 is 31.6 Å². The maximum atomic E-state index is 11.2. The molecule has 13 heteroatoms. The van der Waals surface area contributed by atoms with Gasteiger partial charge < -0.3 is 15.3 Å². The van der Waals surface area contributed by atoms with Gasteiger partial charge in [0, 0.05) is 6.07 Å². The van der Waals surface area contributed by atoms with Gasteiger partial charge in [-0.1, -0.05) is 0 Å². The van der Waals surface area contributed by atoms with Crippen LogP contribution in [0.2, 0.25) is 0 Å². The number of phenols is 3. The predicted molar refractivity (Wildman–Crippen MR) is 81.7 cm³/mol. The largest absolute Gasteiger partial charge is 0.508 e. The molecule has 0 aromatic heterocycles. The highest BCUT2D eigenvalue weighted by molar-refractivity contribution is 7.86. The Balaban J connectivity index is 2.66. The molecule has 0 saturated carbocycles. The Hall–Kier alpha value is -2.74. The Labute approximate surface area is 141 Å². The SMILES string of the molecule is O=S(=O)(O)c1cc(N=Nc2ccc(O)cc2O)c(O)c(S(=O)(=O)O)c1. The molecule has 0 bridgehead atoms. The number of hydrogen-bond acceptors (Lipinski definition) is 9. The van der Waals surface area contributed by atoms with E-state index in [4.69, 9.17) is 14.2 Å². The minimum absolute atomic E-state index is 0.206. The highest BCUT2D eigenvalue weighted by Gasteiger charge is 2.24. The highest BCUT2D eigenvalue weighted by Crippen LogP contribution is 2.38. The minimum atomic E-state index is -5.05. The van der Waals surface area contributed by atoms with Gasteiger partial charge >= 0.3 is 0 Å². The second kappa shape index (κ2) is 6.29. The first-order valence-corrected chi connectivity index (χ1v) is 9.03. The summed E-state index contributed by atoms with van der Waals surface area (Å²) >= 11 is 0. The Morgan fingerprint density at radius 3 is 1.88 bits per heavy atom. The molecule has 0 heterocycles. The van der Waals surface area contributed by atoms with Gasteiger partial charge in [0.2, 0.25) is 0 Å². The molecule has 2 rings (SSSR count). The van der Waals surface area contributed by atoms with E-state index in [1.165, 1.54) is 0 Å². The summed E-state index contributed by atoms with van der Waals surface area (Å²) in [6.07, 6.45) is 0. The van der Waals surface area contributed by atoms with Crippen molar-refractivity contribution in [3.8, 4) is 17.2 Å². The minimum Gasteiger partial charge on any atom is -0.508 e. The molecule has 0 atom stereocenters. The zero-order valence-electron chi connectivity index (χ0n) is 12.0. The molecular weight excluding hydrogens is 380 g/mol. The van der Waals surface area contributed by atoms with Crippen LogP contribution < -0.4 is 0 Å². The lowest BCUT2D eigenvalue weighted by Gasteiger charge is -2.06. The average molecular weight is 390 g/mol. The topological polar surface area (TPSA) is 194 Å². The molecule has 0 aliphatic heterocycles. The third-order valence-electron chi connectivity index (χ3n) is 2.83. The Morgan fingerprint density at radius 2 is 1.36 bits per heavy atom. The van der Waals surface area contributed by atoms with Crippen LogP contribution in [0.3, 0.4) is 0 Å². The van der Waals surface area contributed by atoms with Crippen LogP contribution in [0.1, 0.15) is 0 Å². The Morgan fingerprint density at radius 1 is 0.760 bits per heavy atom. The van der Waals surface area contributed by atoms with Crippen LogP contribution in [-0.2, 0) is 20.2 Å². The number of hydrogen-bond donors (Lipinski definition) is 5. The normalized spacial score (nSPS) is 12.6. The lowest BCUT2D eigenvalue weighted by atomic mass is 10.3. The predicted octanol–water partition coefficient (Wildman–Crippen LogP) is 1.71. The molecule has 11 nitrogen and oxygen atoms in total. The van der Waals surface area contributed by atoms with Gasteiger partial charge in [0.1, 0.15) is 27.8 Å². The summed E-state index contributed by atoms with van der Waals surface area (Å²) in [5.74, 6) is -1.91. The van der Waals surface area contributed by atoms with E-state index in [9.17, 15) is 27.0 Å². The third kappa shape index (κ3) is 4.21. The number of aromatic hydroxyl groups is 3. The number of azo groups is 1. The van der Waals surface area contributed by atoms with Gasteiger partial charge in [0.25, 0.3) is 20.2 Å². The molecule has 0 spiro atoms. The summed E-state index contributed by atoms with van der Waals surface area (Å²) in [6.45, 7) is 0. The van der Waals surface area contributed by atoms with E-state index in [-0.39, 0.29) is 11.4 Å². The number of rotatable bonds is 4. The standard InChI is InChI=1S/C12H10N2O9S2/c15-6-1-2-8(10(16)3-6)13-14-9-4-7(24(18,19)20)5-11(12(9)17)25(21,22)23/h1-5,15-17H,(H,18,19,20)(H,21,22,23). The van der Waals surface area contributed by atoms with Crippen LogP contribution in [0.25, 0.3) is 0 Å². The van der Waals surface area contributed by atoms with Crippen molar-refractivity contribution in [3.63, 3.8) is 0 Å². The highest BCUT2D eigenvalue weighted by atomic mass is 32.2. The van der Waals surface area contributed by atoms with Crippen molar-refractivity contribution in [2.75, 3.05) is 0 Å². The summed E-state index contributed by atoms with van der Waals surface area (Å²) in [5, 5.41) is 35.4. The fraction of sp³-hybridized carbons (Fsp3) is 0. The fourth-order valence-corrected chi connectivity index (χ4v) is 2.92. The molecule has 0 unspecified atom stereocenters. The van der Waals surface area contributed by atoms with Crippen molar-refractivity contribution in [3.05, 3.63) is 30.3 Å². The van der Waals surface area contributed by atoms with Crippen LogP contribution in [0.5, 0.6) is 17.2 Å². The quantitative estimate of drug-likeness (QED) is 0.381. The van der Waals surface area contributed by atoms with Gasteiger partial charge in [-0.15, -0.1) is 10.2 Å². The van der Waals surface area contributed by atoms with E-state index in [1.807, 2.05) is 0 Å². The summed E-state index contributed by atoms with van der Waals surface area (Å²) in [6, 6.07) is 4.12. The van der Waals surface area contributed by atoms with Gasteiger partial charge in [-0.05, 0) is 24.3 Å². The van der Waals surface area contributed by atoms with Gasteiger partial charge in [-0.3, -0.25) is 9.11 Å². The van der Waals surface area contributed by atoms with Crippen LogP contribution >= 0.6 is 0 Å². The first-order chi connectivity index (χ1) is 11.4. The maximum Gasteiger partial charge on any atom is 0.298 e. The van der Waals surface area contributed by atoms with Crippen LogP contribution in [0.15, 0.2) is 50.4 Å². The zero-order chi connectivity index (χ0) is 19.0. The Bertz CT molecular complexity index is 1080. The molecule has 25 heavy (non-hydrogen) atoms. The monoisotopic (exact) mass is 390 g/mol. The third-order valence-corrected chi connectivity index (χ3v) is 4.53. The van der Waals surface area contributed by atoms with E-state index < -0.39 is 47.2 Å². The lowest BCUT2D eigenvalue weighted by molar-refractivity contribution is 0.441. The van der Waals surface area contributed by atoms with Crippen molar-refractivity contribution in [1.29, 1.82) is 0 Å². The van der Waals surface area contributed by atoms with E-state index in [2.05, 4.69) is 10.2 Å². The summed E-state index contributed by atoms with van der Waals surface area (Å²) in [7, 11) is -9.94. The van der Waals surface area contributed by atoms with E-state index >= 15 is 0 Å². The molecule has 0 saturated heterocycles. The van der Waals surface area contributed by atoms with Gasteiger partial charge in [-0.2, -0.15) is 16.8 Å². The average Bonchev–Trinajstić information content (AvgIpc) is 2.45. The molecule has 0 aliphatic carbocycles. The van der Waals surface area contributed by atoms with Gasteiger partial charge in [0.15, 0.2) is 5.75 Å². The smallest absolute Gasteiger partial charge is 0.298 e. The summed E-state index contributed by atoms with van der Waals surface area (Å²) < 4.78 is 62.9. The lowest BCUT2D eigenvalue weighted by Crippen LogP contribution is -2.03. The van der Waals surface area contributed by atoms with Crippen molar-refractivity contribution in [2.45, 2.75) is 9.79 Å². The van der Waals surface area contributed by atoms with Crippen LogP contribution in [0.4, 0.5) is 11.4 Å². The van der Waals surface area contributed by atoms with E-state index in [0.717, 1.165) is 18.2 Å². The van der Waals surface area contributed by atoms with E-state index in [1.54, 1.807) is 0 Å². The Kier molecular flexibility index (Phi) is 4.68. The van der Waals surface area contributed by atoms with Crippen molar-refractivity contribution in [1.82, 2.24) is 0 Å². The van der Waals surface area contributed by atoms with Gasteiger partial charge in [-0.25, -0.2) is 0 Å². The second-order valence-electron chi connectivity index (χ2n) is 4.61. The number of benzene rings is 2. The molecule has 0 aliphatic rings. The summed E-state index contributed by atoms with van der Waals surface area (Å²) in [4.78, 5) is -2.19. The molecule has 0 radical (unpaired) electrons. The van der Waals surface area contributed by atoms with Crippen LogP contribution in [0, 0.1) is 0 Å². The second-order valence-corrected chi connectivity index (χ2v) is 7.42. The molecule has 2 aromatic rings. The van der Waals surface area contributed by atoms with Crippen LogP contribution in [-0.4, -0.2) is 41.3 Å². The molecule has 134 valence electrons. The first kappa shape index (κ1) is 18.6. The molecule has 0 fully saturated rings. The van der Waals surface area contributed by atoms with Gasteiger partial charge in [0.05, 0.1) is 4.90 Å². The van der Waals surface area contributed by atoms with Crippen molar-refractivity contribution in [2.24, 2.45) is 10.2 Å². The van der Waals surface area contributed by atoms with Crippen molar-refractivity contribution < 1.29 is 41.3 Å². The zero-order valence-corrected chi connectivity index (χ0v) is 13.6. The molecule has 0 amide bonds. The molecule has 2 aromatic carbocycles. The number of nitrogens with zero attached hydrogens (tertiary/aromatic N) is 2.